The Kier molecular flexibility index (Phi) is 6.12. The first kappa shape index (κ1) is 17.4. The van der Waals surface area contributed by atoms with Crippen LogP contribution in [0, 0.1) is 20.8 Å². The largest absolute Gasteiger partial charge is 0.385 e. The maximum atomic E-state index is 12.5. The number of benzene rings is 1. The second-order valence-electron chi connectivity index (χ2n) is 5.57. The molecule has 0 saturated carbocycles. The van der Waals surface area contributed by atoms with Crippen molar-refractivity contribution in [3.63, 3.8) is 0 Å². The number of carbonyl (C=O) groups excluding carboxylic acids is 1. The lowest BCUT2D eigenvalue weighted by atomic mass is 10.1. The van der Waals surface area contributed by atoms with Gasteiger partial charge in [-0.3, -0.25) is 10.1 Å². The number of hydrogen-bond acceptors (Lipinski definition) is 5. The van der Waals surface area contributed by atoms with Crippen LogP contribution in [0.4, 0.5) is 10.8 Å². The minimum atomic E-state index is -0.123. The van der Waals surface area contributed by atoms with Crippen LogP contribution in [0.2, 0.25) is 0 Å². The van der Waals surface area contributed by atoms with E-state index in [9.17, 15) is 4.79 Å². The van der Waals surface area contributed by atoms with Gasteiger partial charge in [0.25, 0.3) is 5.91 Å². The fraction of sp³-hybridized carbons (Fsp3) is 0.412. The molecule has 2 rings (SSSR count). The Morgan fingerprint density at radius 2 is 2.04 bits per heavy atom. The molecule has 0 aliphatic heterocycles. The molecule has 124 valence electrons. The molecule has 1 amide bonds. The summed E-state index contributed by atoms with van der Waals surface area (Å²) in [4.78, 5) is 18.0. The normalized spacial score (nSPS) is 10.6. The number of hydrogen-bond donors (Lipinski definition) is 3. The van der Waals surface area contributed by atoms with Gasteiger partial charge in [-0.05, 0) is 57.9 Å². The van der Waals surface area contributed by atoms with E-state index in [1.165, 1.54) is 11.3 Å². The molecule has 0 unspecified atom stereocenters. The van der Waals surface area contributed by atoms with E-state index in [0.717, 1.165) is 41.2 Å². The SMILES string of the molecule is Cc1ccc(NCCCCN)cc1C(=O)Nc1nc(C)c(C)s1. The Labute approximate surface area is 141 Å². The summed E-state index contributed by atoms with van der Waals surface area (Å²) in [5.41, 5.74) is 9.01. The van der Waals surface area contributed by atoms with E-state index in [4.69, 9.17) is 5.73 Å². The van der Waals surface area contributed by atoms with E-state index in [-0.39, 0.29) is 5.91 Å². The van der Waals surface area contributed by atoms with Crippen LogP contribution in [0.15, 0.2) is 18.2 Å². The molecule has 6 heteroatoms. The molecular weight excluding hydrogens is 308 g/mol. The number of anilines is 2. The van der Waals surface area contributed by atoms with Gasteiger partial charge in [-0.15, -0.1) is 11.3 Å². The number of aromatic nitrogens is 1. The van der Waals surface area contributed by atoms with E-state index in [1.807, 2.05) is 39.0 Å². The van der Waals surface area contributed by atoms with E-state index in [1.54, 1.807) is 0 Å². The summed E-state index contributed by atoms with van der Waals surface area (Å²) in [5, 5.41) is 6.86. The van der Waals surface area contributed by atoms with E-state index < -0.39 is 0 Å². The van der Waals surface area contributed by atoms with Gasteiger partial charge in [0, 0.05) is 22.7 Å². The van der Waals surface area contributed by atoms with Gasteiger partial charge in [0.15, 0.2) is 5.13 Å². The Balaban J connectivity index is 2.06. The fourth-order valence-electron chi connectivity index (χ4n) is 2.17. The second-order valence-corrected chi connectivity index (χ2v) is 6.77. The first-order valence-corrected chi connectivity index (χ1v) is 8.63. The summed E-state index contributed by atoms with van der Waals surface area (Å²) in [6.45, 7) is 7.44. The summed E-state index contributed by atoms with van der Waals surface area (Å²) in [6, 6.07) is 5.84. The van der Waals surface area contributed by atoms with Gasteiger partial charge in [-0.1, -0.05) is 6.07 Å². The Hall–Kier alpha value is -1.92. The van der Waals surface area contributed by atoms with Gasteiger partial charge < -0.3 is 11.1 Å². The van der Waals surface area contributed by atoms with Crippen LogP contribution in [0.3, 0.4) is 0 Å². The van der Waals surface area contributed by atoms with Crippen LogP contribution in [0.5, 0.6) is 0 Å². The Bertz CT molecular complexity index is 662. The zero-order chi connectivity index (χ0) is 16.8. The number of thiazole rings is 1. The van der Waals surface area contributed by atoms with Crippen molar-refractivity contribution in [2.24, 2.45) is 5.73 Å². The van der Waals surface area contributed by atoms with Gasteiger partial charge in [-0.2, -0.15) is 0 Å². The van der Waals surface area contributed by atoms with E-state index in [2.05, 4.69) is 15.6 Å². The number of amides is 1. The molecular formula is C17H24N4OS. The lowest BCUT2D eigenvalue weighted by Gasteiger charge is -2.10. The number of aryl methyl sites for hydroxylation is 3. The standard InChI is InChI=1S/C17H24N4OS/c1-11-6-7-14(19-9-5-4-8-18)10-15(11)16(22)21-17-20-12(2)13(3)23-17/h6-7,10,19H,4-5,8-9,18H2,1-3H3,(H,20,21,22). The highest BCUT2D eigenvalue weighted by molar-refractivity contribution is 7.15. The van der Waals surface area contributed by atoms with Gasteiger partial charge in [0.1, 0.15) is 0 Å². The molecule has 0 radical (unpaired) electrons. The van der Waals surface area contributed by atoms with Crippen molar-refractivity contribution in [1.82, 2.24) is 4.98 Å². The first-order valence-electron chi connectivity index (χ1n) is 7.81. The summed E-state index contributed by atoms with van der Waals surface area (Å²) in [7, 11) is 0. The first-order chi connectivity index (χ1) is 11.0. The highest BCUT2D eigenvalue weighted by Crippen LogP contribution is 2.23. The minimum absolute atomic E-state index is 0.123. The predicted molar refractivity (Wildman–Crippen MR) is 97.5 cm³/mol. The number of unbranched alkanes of at least 4 members (excludes halogenated alkanes) is 1. The van der Waals surface area contributed by atoms with Crippen LogP contribution < -0.4 is 16.4 Å². The maximum Gasteiger partial charge on any atom is 0.257 e. The molecule has 1 aromatic heterocycles. The molecule has 0 aliphatic carbocycles. The predicted octanol–water partition coefficient (Wildman–Crippen LogP) is 3.47. The van der Waals surface area contributed by atoms with Gasteiger partial charge in [0.2, 0.25) is 0 Å². The van der Waals surface area contributed by atoms with Crippen molar-refractivity contribution < 1.29 is 4.79 Å². The van der Waals surface area contributed by atoms with Crippen LogP contribution >= 0.6 is 11.3 Å². The zero-order valence-electron chi connectivity index (χ0n) is 13.9. The Morgan fingerprint density at radius 3 is 2.70 bits per heavy atom. The van der Waals surface area contributed by atoms with Crippen LogP contribution in [-0.4, -0.2) is 24.0 Å². The third-order valence-electron chi connectivity index (χ3n) is 3.69. The van der Waals surface area contributed by atoms with Gasteiger partial charge in [0.05, 0.1) is 5.69 Å². The number of nitrogens with zero attached hydrogens (tertiary/aromatic N) is 1. The van der Waals surface area contributed by atoms with Gasteiger partial charge in [-0.25, -0.2) is 4.98 Å². The maximum absolute atomic E-state index is 12.5. The molecule has 0 fully saturated rings. The van der Waals surface area contributed by atoms with Crippen LogP contribution in [0.1, 0.15) is 39.3 Å². The molecule has 1 heterocycles. The summed E-state index contributed by atoms with van der Waals surface area (Å²) < 4.78 is 0. The Morgan fingerprint density at radius 1 is 1.26 bits per heavy atom. The zero-order valence-corrected chi connectivity index (χ0v) is 14.7. The average molecular weight is 332 g/mol. The minimum Gasteiger partial charge on any atom is -0.385 e. The number of carbonyl (C=O) groups is 1. The van der Waals surface area contributed by atoms with Crippen LogP contribution in [-0.2, 0) is 0 Å². The summed E-state index contributed by atoms with van der Waals surface area (Å²) >= 11 is 1.50. The molecule has 5 nitrogen and oxygen atoms in total. The lowest BCUT2D eigenvalue weighted by Crippen LogP contribution is -2.14. The monoisotopic (exact) mass is 332 g/mol. The second kappa shape index (κ2) is 8.08. The highest BCUT2D eigenvalue weighted by Gasteiger charge is 2.13. The molecule has 4 N–H and O–H groups in total. The molecule has 2 aromatic rings. The van der Waals surface area contributed by atoms with Crippen molar-refractivity contribution in [3.05, 3.63) is 39.9 Å². The summed E-state index contributed by atoms with van der Waals surface area (Å²) in [5.74, 6) is -0.123. The fourth-order valence-corrected chi connectivity index (χ4v) is 2.98. The van der Waals surface area contributed by atoms with Crippen molar-refractivity contribution in [1.29, 1.82) is 0 Å². The number of nitrogens with one attached hydrogen (secondary N) is 2. The summed E-state index contributed by atoms with van der Waals surface area (Å²) in [6.07, 6.45) is 2.01. The van der Waals surface area contributed by atoms with Crippen molar-refractivity contribution in [2.75, 3.05) is 23.7 Å². The quantitative estimate of drug-likeness (QED) is 0.678. The number of nitrogens with two attached hydrogens (primary N) is 1. The third kappa shape index (κ3) is 4.77. The third-order valence-corrected chi connectivity index (χ3v) is 4.68. The molecule has 0 atom stereocenters. The van der Waals surface area contributed by atoms with Crippen molar-refractivity contribution >= 4 is 28.1 Å². The highest BCUT2D eigenvalue weighted by atomic mass is 32.1. The molecule has 0 saturated heterocycles. The number of rotatable bonds is 7. The van der Waals surface area contributed by atoms with E-state index in [0.29, 0.717) is 17.2 Å². The van der Waals surface area contributed by atoms with E-state index >= 15 is 0 Å². The molecule has 23 heavy (non-hydrogen) atoms. The molecule has 0 bridgehead atoms. The molecule has 0 aliphatic rings. The average Bonchev–Trinajstić information content (AvgIpc) is 2.83. The molecule has 1 aromatic carbocycles. The topological polar surface area (TPSA) is 80.0 Å². The lowest BCUT2D eigenvalue weighted by molar-refractivity contribution is 0.102. The van der Waals surface area contributed by atoms with Crippen molar-refractivity contribution in [3.8, 4) is 0 Å². The van der Waals surface area contributed by atoms with Crippen molar-refractivity contribution in [2.45, 2.75) is 33.6 Å². The molecule has 0 spiro atoms. The van der Waals surface area contributed by atoms with Gasteiger partial charge >= 0.3 is 0 Å². The smallest absolute Gasteiger partial charge is 0.257 e. The van der Waals surface area contributed by atoms with Crippen LogP contribution in [0.25, 0.3) is 0 Å².